The number of benzene rings is 2. The molecule has 0 fully saturated rings. The molecule has 4 N–H and O–H groups in total. The molecular formula is C24H25FN6OS. The van der Waals surface area contributed by atoms with Crippen molar-refractivity contribution in [1.29, 1.82) is 0 Å². The fourth-order valence-corrected chi connectivity index (χ4v) is 4.71. The lowest BCUT2D eigenvalue weighted by atomic mass is 10.0. The van der Waals surface area contributed by atoms with Crippen LogP contribution in [0.1, 0.15) is 10.4 Å². The van der Waals surface area contributed by atoms with Gasteiger partial charge in [-0.15, -0.1) is 11.3 Å². The van der Waals surface area contributed by atoms with Crippen LogP contribution in [0.5, 0.6) is 0 Å². The van der Waals surface area contributed by atoms with Crippen LogP contribution in [0, 0.1) is 12.7 Å². The largest absolute Gasteiger partial charge is 0.383 e. The van der Waals surface area contributed by atoms with E-state index in [1.54, 1.807) is 35.6 Å². The molecule has 0 saturated heterocycles. The van der Waals surface area contributed by atoms with Gasteiger partial charge in [0, 0.05) is 22.7 Å². The first kappa shape index (κ1) is 22.6. The topological polar surface area (TPSA) is 96.2 Å². The normalized spacial score (nSPS) is 11.2. The number of urea groups is 1. The van der Waals surface area contributed by atoms with Crippen molar-refractivity contribution in [2.75, 3.05) is 37.0 Å². The number of nitrogens with zero attached hydrogens (tertiary/aromatic N) is 3. The van der Waals surface area contributed by atoms with Crippen LogP contribution in [0.4, 0.5) is 26.4 Å². The predicted molar refractivity (Wildman–Crippen MR) is 133 cm³/mol. The lowest BCUT2D eigenvalue weighted by Crippen LogP contribution is -2.20. The van der Waals surface area contributed by atoms with Gasteiger partial charge in [-0.25, -0.2) is 19.2 Å². The van der Waals surface area contributed by atoms with Gasteiger partial charge in [0.15, 0.2) is 0 Å². The molecule has 2 aromatic carbocycles. The van der Waals surface area contributed by atoms with E-state index in [0.29, 0.717) is 11.5 Å². The number of likely N-dealkylation sites (N-methyl/N-ethyl adjacent to an activating group) is 1. The molecule has 0 bridgehead atoms. The average Bonchev–Trinajstić information content (AvgIpc) is 3.15. The molecule has 0 saturated carbocycles. The van der Waals surface area contributed by atoms with E-state index in [1.807, 2.05) is 33.2 Å². The summed E-state index contributed by atoms with van der Waals surface area (Å²) in [6.45, 7) is 2.72. The number of carbonyl (C=O) groups is 1. The zero-order chi connectivity index (χ0) is 23.5. The summed E-state index contributed by atoms with van der Waals surface area (Å²) in [5, 5.41) is 6.14. The number of thiophene rings is 1. The number of aryl methyl sites for hydroxylation is 1. The lowest BCUT2D eigenvalue weighted by molar-refractivity contribution is 0.262. The SMILES string of the molecule is Cc1ccc(F)c(NC(=O)Nc2ccc(-c3c(CCN(C)C)sc4ncnc(N)c34)cc2)c1. The Bertz CT molecular complexity index is 1300. The number of nitrogens with one attached hydrogen (secondary N) is 2. The fraction of sp³-hybridized carbons (Fsp3) is 0.208. The molecule has 0 unspecified atom stereocenters. The number of hydrogen-bond acceptors (Lipinski definition) is 6. The molecule has 2 heterocycles. The molecule has 2 amide bonds. The Balaban J connectivity index is 1.58. The van der Waals surface area contributed by atoms with Gasteiger partial charge in [-0.05, 0) is 62.8 Å². The number of nitrogen functional groups attached to an aromatic ring is 1. The molecule has 0 spiro atoms. The molecule has 9 heteroatoms. The summed E-state index contributed by atoms with van der Waals surface area (Å²) >= 11 is 1.62. The summed E-state index contributed by atoms with van der Waals surface area (Å²) < 4.78 is 13.9. The smallest absolute Gasteiger partial charge is 0.323 e. The van der Waals surface area contributed by atoms with Crippen molar-refractivity contribution in [3.05, 3.63) is 65.0 Å². The van der Waals surface area contributed by atoms with E-state index in [-0.39, 0.29) is 5.69 Å². The van der Waals surface area contributed by atoms with E-state index in [2.05, 4.69) is 25.5 Å². The minimum absolute atomic E-state index is 0.134. The third kappa shape index (κ3) is 5.10. The van der Waals surface area contributed by atoms with Crippen LogP contribution in [-0.2, 0) is 6.42 Å². The van der Waals surface area contributed by atoms with Crippen molar-refractivity contribution < 1.29 is 9.18 Å². The standard InChI is InChI=1S/C24H25FN6OS/c1-14-4-9-17(25)18(12-14)30-24(32)29-16-7-5-15(6-8-16)20-19(10-11-31(2)3)33-23-21(20)22(26)27-13-28-23/h4-9,12-13H,10-11H2,1-3H3,(H2,26,27,28)(H2,29,30,32). The Morgan fingerprint density at radius 2 is 1.88 bits per heavy atom. The summed E-state index contributed by atoms with van der Waals surface area (Å²) in [5.74, 6) is -0.0374. The fourth-order valence-electron chi connectivity index (χ4n) is 3.55. The Hall–Kier alpha value is -3.56. The maximum absolute atomic E-state index is 13.9. The first-order chi connectivity index (χ1) is 15.8. The van der Waals surface area contributed by atoms with Gasteiger partial charge >= 0.3 is 6.03 Å². The zero-order valence-corrected chi connectivity index (χ0v) is 19.5. The number of aromatic nitrogens is 2. The van der Waals surface area contributed by atoms with Gasteiger partial charge in [0.25, 0.3) is 0 Å². The average molecular weight is 465 g/mol. The van der Waals surface area contributed by atoms with Crippen molar-refractivity contribution in [3.63, 3.8) is 0 Å². The molecule has 0 radical (unpaired) electrons. The highest BCUT2D eigenvalue weighted by Crippen LogP contribution is 2.40. The molecule has 33 heavy (non-hydrogen) atoms. The quantitative estimate of drug-likeness (QED) is 0.367. The maximum atomic E-state index is 13.9. The number of nitrogens with two attached hydrogens (primary N) is 1. The van der Waals surface area contributed by atoms with E-state index >= 15 is 0 Å². The molecular weight excluding hydrogens is 439 g/mol. The summed E-state index contributed by atoms with van der Waals surface area (Å²) in [4.78, 5) is 25.1. The third-order valence-electron chi connectivity index (χ3n) is 5.18. The molecule has 4 rings (SSSR count). The minimum atomic E-state index is -0.516. The van der Waals surface area contributed by atoms with Gasteiger partial charge in [-0.3, -0.25) is 0 Å². The van der Waals surface area contributed by atoms with Crippen LogP contribution in [0.2, 0.25) is 0 Å². The predicted octanol–water partition coefficient (Wildman–Crippen LogP) is 5.14. The number of halogens is 1. The molecule has 2 aromatic heterocycles. The number of rotatable bonds is 6. The first-order valence-corrected chi connectivity index (χ1v) is 11.2. The number of hydrogen-bond donors (Lipinski definition) is 3. The second-order valence-corrected chi connectivity index (χ2v) is 9.12. The highest BCUT2D eigenvalue weighted by Gasteiger charge is 2.18. The third-order valence-corrected chi connectivity index (χ3v) is 6.34. The van der Waals surface area contributed by atoms with Crippen molar-refractivity contribution >= 4 is 44.8 Å². The number of fused-ring (bicyclic) bond motifs is 1. The number of amides is 2. The highest BCUT2D eigenvalue weighted by atomic mass is 32.1. The Kier molecular flexibility index (Phi) is 6.52. The van der Waals surface area contributed by atoms with Crippen LogP contribution in [0.3, 0.4) is 0 Å². The summed E-state index contributed by atoms with van der Waals surface area (Å²) in [5.41, 5.74) is 9.77. The first-order valence-electron chi connectivity index (χ1n) is 10.4. The second kappa shape index (κ2) is 9.51. The van der Waals surface area contributed by atoms with Crippen LogP contribution in [0.15, 0.2) is 48.8 Å². The zero-order valence-electron chi connectivity index (χ0n) is 18.6. The van der Waals surface area contributed by atoms with Gasteiger partial charge in [0.2, 0.25) is 0 Å². The summed E-state index contributed by atoms with van der Waals surface area (Å²) in [6, 6.07) is 11.5. The Labute approximate surface area is 195 Å². The van der Waals surface area contributed by atoms with Gasteiger partial charge in [-0.2, -0.15) is 0 Å². The Morgan fingerprint density at radius 3 is 2.61 bits per heavy atom. The van der Waals surface area contributed by atoms with Gasteiger partial charge in [0.05, 0.1) is 11.1 Å². The van der Waals surface area contributed by atoms with Crippen molar-refractivity contribution in [2.45, 2.75) is 13.3 Å². The molecule has 0 aliphatic rings. The number of anilines is 3. The monoisotopic (exact) mass is 464 g/mol. The van der Waals surface area contributed by atoms with Gasteiger partial charge in [0.1, 0.15) is 22.8 Å². The van der Waals surface area contributed by atoms with Crippen LogP contribution >= 0.6 is 11.3 Å². The van der Waals surface area contributed by atoms with Crippen molar-refractivity contribution in [3.8, 4) is 11.1 Å². The van der Waals surface area contributed by atoms with Crippen LogP contribution < -0.4 is 16.4 Å². The Morgan fingerprint density at radius 1 is 1.12 bits per heavy atom. The molecule has 0 aliphatic carbocycles. The molecule has 0 atom stereocenters. The van der Waals surface area contributed by atoms with Gasteiger partial charge in [-0.1, -0.05) is 18.2 Å². The van der Waals surface area contributed by atoms with Gasteiger partial charge < -0.3 is 21.3 Å². The van der Waals surface area contributed by atoms with E-state index in [1.165, 1.54) is 17.3 Å². The van der Waals surface area contributed by atoms with Crippen LogP contribution in [-0.4, -0.2) is 41.5 Å². The van der Waals surface area contributed by atoms with Crippen molar-refractivity contribution in [1.82, 2.24) is 14.9 Å². The maximum Gasteiger partial charge on any atom is 0.323 e. The molecule has 0 aliphatic heterocycles. The van der Waals surface area contributed by atoms with E-state index in [4.69, 9.17) is 5.73 Å². The molecule has 170 valence electrons. The second-order valence-electron chi connectivity index (χ2n) is 8.03. The van der Waals surface area contributed by atoms with E-state index < -0.39 is 11.8 Å². The van der Waals surface area contributed by atoms with Crippen molar-refractivity contribution in [2.24, 2.45) is 0 Å². The number of carbonyl (C=O) groups excluding carboxylic acids is 1. The minimum Gasteiger partial charge on any atom is -0.383 e. The highest BCUT2D eigenvalue weighted by molar-refractivity contribution is 7.19. The lowest BCUT2D eigenvalue weighted by Gasteiger charge is -2.12. The van der Waals surface area contributed by atoms with E-state index in [0.717, 1.165) is 39.9 Å². The van der Waals surface area contributed by atoms with E-state index in [9.17, 15) is 9.18 Å². The van der Waals surface area contributed by atoms with Crippen LogP contribution in [0.25, 0.3) is 21.3 Å². The molecule has 7 nitrogen and oxygen atoms in total. The molecule has 4 aromatic rings. The summed E-state index contributed by atoms with van der Waals surface area (Å²) in [7, 11) is 4.07. The summed E-state index contributed by atoms with van der Waals surface area (Å²) in [6.07, 6.45) is 2.34.